The van der Waals surface area contributed by atoms with Crippen molar-refractivity contribution >= 4 is 33.9 Å². The number of rotatable bonds is 7. The van der Waals surface area contributed by atoms with Gasteiger partial charge in [0.25, 0.3) is 0 Å². The van der Waals surface area contributed by atoms with Crippen LogP contribution in [0.1, 0.15) is 17.3 Å². The van der Waals surface area contributed by atoms with E-state index in [0.29, 0.717) is 11.1 Å². The highest BCUT2D eigenvalue weighted by atomic mass is 16.5. The number of carbonyl (C=O) groups excluding carboxylic acids is 2. The maximum absolute atomic E-state index is 13.1. The van der Waals surface area contributed by atoms with Crippen molar-refractivity contribution in [2.24, 2.45) is 5.10 Å². The number of ketones is 2. The van der Waals surface area contributed by atoms with Crippen LogP contribution in [0.3, 0.4) is 0 Å². The quantitative estimate of drug-likeness (QED) is 0.279. The molecule has 0 fully saturated rings. The van der Waals surface area contributed by atoms with Crippen molar-refractivity contribution in [3.8, 4) is 17.2 Å². The normalized spacial score (nSPS) is 11.3. The highest BCUT2D eigenvalue weighted by Crippen LogP contribution is 2.45. The number of phenols is 1. The summed E-state index contributed by atoms with van der Waals surface area (Å²) in [7, 11) is 2.67. The van der Waals surface area contributed by atoms with Crippen LogP contribution in [0.4, 0.5) is 5.69 Å². The minimum Gasteiger partial charge on any atom is -0.504 e. The van der Waals surface area contributed by atoms with Crippen molar-refractivity contribution in [3.05, 3.63) is 48.2 Å². The highest BCUT2D eigenvalue weighted by molar-refractivity contribution is 6.69. The van der Waals surface area contributed by atoms with Gasteiger partial charge in [-0.3, -0.25) is 15.0 Å². The zero-order valence-corrected chi connectivity index (χ0v) is 15.5. The number of nitrogens with zero attached hydrogens (tertiary/aromatic N) is 1. The fourth-order valence-electron chi connectivity index (χ4n) is 2.78. The van der Waals surface area contributed by atoms with Gasteiger partial charge in [-0.1, -0.05) is 18.2 Å². The SMILES string of the molecule is COc1c(C(=O)/C(=N/Nc2ccccc2)C(C)=O)c(O)c(OC)c2occc12. The summed E-state index contributed by atoms with van der Waals surface area (Å²) in [6.45, 7) is 1.21. The molecule has 2 N–H and O–H groups in total. The number of benzene rings is 2. The first-order chi connectivity index (χ1) is 13.5. The van der Waals surface area contributed by atoms with Gasteiger partial charge >= 0.3 is 0 Å². The second-order valence-electron chi connectivity index (χ2n) is 5.78. The molecule has 0 amide bonds. The summed E-state index contributed by atoms with van der Waals surface area (Å²) < 4.78 is 15.8. The van der Waals surface area contributed by atoms with Crippen molar-refractivity contribution in [2.75, 3.05) is 19.6 Å². The van der Waals surface area contributed by atoms with E-state index in [-0.39, 0.29) is 22.6 Å². The van der Waals surface area contributed by atoms with Gasteiger partial charge in [-0.05, 0) is 18.2 Å². The summed E-state index contributed by atoms with van der Waals surface area (Å²) in [6, 6.07) is 10.4. The van der Waals surface area contributed by atoms with Gasteiger partial charge in [-0.15, -0.1) is 0 Å². The zero-order chi connectivity index (χ0) is 20.3. The average molecular weight is 382 g/mol. The maximum Gasteiger partial charge on any atom is 0.224 e. The fourth-order valence-corrected chi connectivity index (χ4v) is 2.78. The number of aromatic hydroxyl groups is 1. The van der Waals surface area contributed by atoms with E-state index in [0.717, 1.165) is 0 Å². The minimum atomic E-state index is -0.813. The first-order valence-electron chi connectivity index (χ1n) is 8.28. The molecule has 1 heterocycles. The number of Topliss-reactive ketones (excluding diaryl/α,β-unsaturated/α-hetero) is 2. The van der Waals surface area contributed by atoms with Crippen LogP contribution in [0.5, 0.6) is 17.2 Å². The van der Waals surface area contributed by atoms with Crippen LogP contribution in [0.15, 0.2) is 52.2 Å². The Morgan fingerprint density at radius 3 is 2.36 bits per heavy atom. The largest absolute Gasteiger partial charge is 0.504 e. The van der Waals surface area contributed by atoms with Crippen LogP contribution < -0.4 is 14.9 Å². The number of nitrogens with one attached hydrogen (secondary N) is 1. The molecule has 28 heavy (non-hydrogen) atoms. The molecule has 0 saturated carbocycles. The molecule has 0 saturated heterocycles. The van der Waals surface area contributed by atoms with E-state index in [1.54, 1.807) is 30.3 Å². The summed E-state index contributed by atoms with van der Waals surface area (Å²) in [6.07, 6.45) is 1.38. The van der Waals surface area contributed by atoms with E-state index < -0.39 is 23.0 Å². The van der Waals surface area contributed by atoms with E-state index in [1.165, 1.54) is 27.4 Å². The summed E-state index contributed by atoms with van der Waals surface area (Å²) >= 11 is 0. The molecule has 0 spiro atoms. The Morgan fingerprint density at radius 1 is 1.07 bits per heavy atom. The molecule has 0 radical (unpaired) electrons. The Hall–Kier alpha value is -3.81. The van der Waals surface area contributed by atoms with E-state index in [1.807, 2.05) is 6.07 Å². The molecule has 0 aliphatic heterocycles. The molecule has 0 aliphatic carbocycles. The minimum absolute atomic E-state index is 0.0388. The first kappa shape index (κ1) is 19.0. The Kier molecular flexibility index (Phi) is 5.30. The fraction of sp³-hybridized carbons (Fsp3) is 0.150. The lowest BCUT2D eigenvalue weighted by atomic mass is 9.99. The Balaban J connectivity index is 2.15. The number of carbonyl (C=O) groups is 2. The average Bonchev–Trinajstić information content (AvgIpc) is 3.16. The number of para-hydroxylation sites is 1. The van der Waals surface area contributed by atoms with Crippen molar-refractivity contribution in [2.45, 2.75) is 6.92 Å². The second-order valence-corrected chi connectivity index (χ2v) is 5.78. The molecule has 0 bridgehead atoms. The number of phenolic OH excluding ortho intramolecular Hbond substituents is 1. The van der Waals surface area contributed by atoms with Crippen LogP contribution in [0, 0.1) is 0 Å². The van der Waals surface area contributed by atoms with Gasteiger partial charge in [0.1, 0.15) is 11.3 Å². The molecule has 8 heteroatoms. The van der Waals surface area contributed by atoms with Crippen LogP contribution in [0.2, 0.25) is 0 Å². The molecule has 3 rings (SSSR count). The third-order valence-electron chi connectivity index (χ3n) is 4.05. The van der Waals surface area contributed by atoms with Crippen molar-refractivity contribution in [1.82, 2.24) is 0 Å². The molecule has 144 valence electrons. The summed E-state index contributed by atoms with van der Waals surface area (Å²) in [4.78, 5) is 25.2. The standard InChI is InChI=1S/C20H18N2O6/c1-11(23)15(22-21-12-7-5-4-6-8-12)16(24)14-17(25)20(27-3)19-13(9-10-28-19)18(14)26-2/h4-10,21,25H,1-3H3/b22-15+. The van der Waals surface area contributed by atoms with E-state index >= 15 is 0 Å². The van der Waals surface area contributed by atoms with Gasteiger partial charge in [0.05, 0.1) is 31.6 Å². The van der Waals surface area contributed by atoms with Gasteiger partial charge in [0.2, 0.25) is 11.5 Å². The van der Waals surface area contributed by atoms with E-state index in [9.17, 15) is 14.7 Å². The molecule has 3 aromatic rings. The van der Waals surface area contributed by atoms with Gasteiger partial charge in [-0.25, -0.2) is 0 Å². The van der Waals surface area contributed by atoms with Crippen LogP contribution in [0.25, 0.3) is 11.0 Å². The van der Waals surface area contributed by atoms with Crippen LogP contribution >= 0.6 is 0 Å². The number of anilines is 1. The van der Waals surface area contributed by atoms with Gasteiger partial charge < -0.3 is 19.0 Å². The topological polar surface area (TPSA) is 110 Å². The lowest BCUT2D eigenvalue weighted by molar-refractivity contribution is -0.111. The Morgan fingerprint density at radius 2 is 1.75 bits per heavy atom. The van der Waals surface area contributed by atoms with Gasteiger partial charge in [-0.2, -0.15) is 5.10 Å². The van der Waals surface area contributed by atoms with Gasteiger partial charge in [0.15, 0.2) is 22.8 Å². The number of ether oxygens (including phenoxy) is 2. The van der Waals surface area contributed by atoms with Crippen molar-refractivity contribution in [3.63, 3.8) is 0 Å². The van der Waals surface area contributed by atoms with Crippen molar-refractivity contribution < 1.29 is 28.6 Å². The predicted molar refractivity (Wildman–Crippen MR) is 103 cm³/mol. The third-order valence-corrected chi connectivity index (χ3v) is 4.05. The van der Waals surface area contributed by atoms with Crippen molar-refractivity contribution in [1.29, 1.82) is 0 Å². The Labute approximate surface area is 160 Å². The number of hydrazone groups is 1. The molecular formula is C20H18N2O6. The van der Waals surface area contributed by atoms with Crippen LogP contribution in [-0.4, -0.2) is 36.6 Å². The molecule has 0 atom stereocenters. The number of furan rings is 1. The monoisotopic (exact) mass is 382 g/mol. The van der Waals surface area contributed by atoms with Gasteiger partial charge in [0, 0.05) is 6.92 Å². The molecule has 0 aliphatic rings. The first-order valence-corrected chi connectivity index (χ1v) is 8.28. The lowest BCUT2D eigenvalue weighted by Crippen LogP contribution is -2.24. The zero-order valence-electron chi connectivity index (χ0n) is 15.5. The van der Waals surface area contributed by atoms with Crippen LogP contribution in [-0.2, 0) is 4.79 Å². The van der Waals surface area contributed by atoms with E-state index in [4.69, 9.17) is 13.9 Å². The molecule has 8 nitrogen and oxygen atoms in total. The summed E-state index contributed by atoms with van der Waals surface area (Å²) in [5, 5.41) is 15.0. The Bertz CT molecular complexity index is 1070. The maximum atomic E-state index is 13.1. The smallest absolute Gasteiger partial charge is 0.224 e. The highest BCUT2D eigenvalue weighted by Gasteiger charge is 2.31. The molecule has 2 aromatic carbocycles. The predicted octanol–water partition coefficient (Wildman–Crippen LogP) is 3.40. The molecule has 1 aromatic heterocycles. The third kappa shape index (κ3) is 3.27. The number of fused-ring (bicyclic) bond motifs is 1. The summed E-state index contributed by atoms with van der Waals surface area (Å²) in [5.74, 6) is -1.88. The second kappa shape index (κ2) is 7.83. The number of hydrogen-bond donors (Lipinski definition) is 2. The van der Waals surface area contributed by atoms with E-state index in [2.05, 4.69) is 10.5 Å². The number of hydrogen-bond acceptors (Lipinski definition) is 8. The lowest BCUT2D eigenvalue weighted by Gasteiger charge is -2.14. The molecular weight excluding hydrogens is 364 g/mol. The number of methoxy groups -OCH3 is 2. The summed E-state index contributed by atoms with van der Waals surface area (Å²) in [5.41, 5.74) is 2.84. The molecule has 0 unspecified atom stereocenters.